The third kappa shape index (κ3) is 3.59. The largest absolute Gasteiger partial charge is 0.244 e. The Balaban J connectivity index is 1.91. The number of halogens is 2. The van der Waals surface area contributed by atoms with Gasteiger partial charge >= 0.3 is 0 Å². The molecule has 0 bridgehead atoms. The van der Waals surface area contributed by atoms with Crippen LogP contribution in [-0.4, -0.2) is 4.98 Å². The van der Waals surface area contributed by atoms with Gasteiger partial charge in [-0.2, -0.15) is 0 Å². The first-order chi connectivity index (χ1) is 11.2. The SMILES string of the molecule is CCCc1ccc(-c2ccc(-c3ccc(Cl)nc3)cc2F)cc1. The van der Waals surface area contributed by atoms with E-state index in [1.54, 1.807) is 18.3 Å². The predicted octanol–water partition coefficient (Wildman–Crippen LogP) is 6.16. The standard InChI is InChI=1S/C20H17ClFN/c1-2-3-14-4-6-15(7-5-14)18-10-8-16(12-19(18)22)17-9-11-20(21)23-13-17/h4-13H,2-3H2,1H3. The van der Waals surface area contributed by atoms with Crippen molar-refractivity contribution in [2.45, 2.75) is 19.8 Å². The van der Waals surface area contributed by atoms with Crippen molar-refractivity contribution in [2.75, 3.05) is 0 Å². The minimum absolute atomic E-state index is 0.235. The van der Waals surface area contributed by atoms with E-state index in [0.717, 1.165) is 29.5 Å². The van der Waals surface area contributed by atoms with Crippen LogP contribution in [-0.2, 0) is 6.42 Å². The van der Waals surface area contributed by atoms with Crippen LogP contribution in [0.5, 0.6) is 0 Å². The van der Waals surface area contributed by atoms with Crippen LogP contribution >= 0.6 is 11.6 Å². The Hall–Kier alpha value is -2.19. The number of hydrogen-bond acceptors (Lipinski definition) is 1. The first-order valence-electron chi connectivity index (χ1n) is 7.68. The zero-order valence-corrected chi connectivity index (χ0v) is 13.6. The van der Waals surface area contributed by atoms with Crippen molar-refractivity contribution < 1.29 is 4.39 Å². The molecule has 3 aromatic rings. The second-order valence-corrected chi connectivity index (χ2v) is 5.90. The first kappa shape index (κ1) is 15.7. The Morgan fingerprint density at radius 2 is 1.61 bits per heavy atom. The van der Waals surface area contributed by atoms with Gasteiger partial charge in [-0.3, -0.25) is 0 Å². The van der Waals surface area contributed by atoms with Gasteiger partial charge in [-0.15, -0.1) is 0 Å². The van der Waals surface area contributed by atoms with E-state index in [2.05, 4.69) is 24.0 Å². The molecule has 23 heavy (non-hydrogen) atoms. The minimum Gasteiger partial charge on any atom is -0.244 e. The fourth-order valence-electron chi connectivity index (χ4n) is 2.62. The summed E-state index contributed by atoms with van der Waals surface area (Å²) in [7, 11) is 0. The fraction of sp³-hybridized carbons (Fsp3) is 0.150. The first-order valence-corrected chi connectivity index (χ1v) is 8.06. The van der Waals surface area contributed by atoms with Crippen molar-refractivity contribution in [1.29, 1.82) is 0 Å². The number of aromatic nitrogens is 1. The summed E-state index contributed by atoms with van der Waals surface area (Å²) in [5.41, 5.74) is 4.42. The maximum Gasteiger partial charge on any atom is 0.131 e. The van der Waals surface area contributed by atoms with Crippen molar-refractivity contribution >= 4 is 11.6 Å². The highest BCUT2D eigenvalue weighted by atomic mass is 35.5. The second kappa shape index (κ2) is 6.93. The number of benzene rings is 2. The zero-order chi connectivity index (χ0) is 16.2. The topological polar surface area (TPSA) is 12.9 Å². The molecule has 1 heterocycles. The summed E-state index contributed by atoms with van der Waals surface area (Å²) in [6.07, 6.45) is 3.80. The van der Waals surface area contributed by atoms with Crippen molar-refractivity contribution in [2.24, 2.45) is 0 Å². The van der Waals surface area contributed by atoms with E-state index < -0.39 is 0 Å². The third-order valence-corrected chi connectivity index (χ3v) is 4.06. The Morgan fingerprint density at radius 3 is 2.22 bits per heavy atom. The highest BCUT2D eigenvalue weighted by Gasteiger charge is 2.08. The molecule has 0 N–H and O–H groups in total. The number of hydrogen-bond donors (Lipinski definition) is 0. The lowest BCUT2D eigenvalue weighted by Crippen LogP contribution is -1.88. The molecule has 0 radical (unpaired) electrons. The van der Waals surface area contributed by atoms with E-state index in [1.807, 2.05) is 30.3 Å². The number of pyridine rings is 1. The van der Waals surface area contributed by atoms with E-state index in [0.29, 0.717) is 10.7 Å². The van der Waals surface area contributed by atoms with Crippen molar-refractivity contribution in [3.05, 3.63) is 77.3 Å². The molecule has 0 aliphatic carbocycles. The van der Waals surface area contributed by atoms with Crippen LogP contribution in [0.3, 0.4) is 0 Å². The molecule has 0 atom stereocenters. The maximum atomic E-state index is 14.5. The van der Waals surface area contributed by atoms with Crippen molar-refractivity contribution in [3.63, 3.8) is 0 Å². The average molecular weight is 326 g/mol. The van der Waals surface area contributed by atoms with Crippen molar-refractivity contribution in [1.82, 2.24) is 4.98 Å². The van der Waals surface area contributed by atoms with Crippen LogP contribution in [0.4, 0.5) is 4.39 Å². The monoisotopic (exact) mass is 325 g/mol. The van der Waals surface area contributed by atoms with Gasteiger partial charge < -0.3 is 0 Å². The molecule has 0 spiro atoms. The molecule has 3 heteroatoms. The highest BCUT2D eigenvalue weighted by Crippen LogP contribution is 2.28. The summed E-state index contributed by atoms with van der Waals surface area (Å²) in [6, 6.07) is 16.9. The van der Waals surface area contributed by atoms with Gasteiger partial charge in [-0.1, -0.05) is 61.3 Å². The molecule has 0 amide bonds. The molecular weight excluding hydrogens is 309 g/mol. The van der Waals surface area contributed by atoms with Crippen LogP contribution in [0.2, 0.25) is 5.15 Å². The van der Waals surface area contributed by atoms with Gasteiger partial charge in [0.2, 0.25) is 0 Å². The van der Waals surface area contributed by atoms with E-state index >= 15 is 0 Å². The van der Waals surface area contributed by atoms with Gasteiger partial charge in [0.05, 0.1) is 0 Å². The molecule has 1 nitrogen and oxygen atoms in total. The Bertz CT molecular complexity index is 795. The number of rotatable bonds is 4. The summed E-state index contributed by atoms with van der Waals surface area (Å²) in [4.78, 5) is 4.04. The van der Waals surface area contributed by atoms with Gasteiger partial charge in [0.25, 0.3) is 0 Å². The van der Waals surface area contributed by atoms with Gasteiger partial charge in [0.1, 0.15) is 11.0 Å². The van der Waals surface area contributed by atoms with E-state index in [1.165, 1.54) is 5.56 Å². The lowest BCUT2D eigenvalue weighted by Gasteiger charge is -2.08. The molecule has 0 aliphatic heterocycles. The Labute approximate surface area is 140 Å². The lowest BCUT2D eigenvalue weighted by molar-refractivity contribution is 0.632. The van der Waals surface area contributed by atoms with Gasteiger partial charge in [-0.25, -0.2) is 9.37 Å². The molecule has 3 rings (SSSR count). The number of aryl methyl sites for hydroxylation is 1. The van der Waals surface area contributed by atoms with E-state index in [-0.39, 0.29) is 5.82 Å². The predicted molar refractivity (Wildman–Crippen MR) is 94.1 cm³/mol. The van der Waals surface area contributed by atoms with Gasteiger partial charge in [-0.05, 0) is 41.3 Å². The number of nitrogens with zero attached hydrogens (tertiary/aromatic N) is 1. The highest BCUT2D eigenvalue weighted by molar-refractivity contribution is 6.29. The normalized spacial score (nSPS) is 10.7. The third-order valence-electron chi connectivity index (χ3n) is 3.83. The van der Waals surface area contributed by atoms with Crippen LogP contribution in [0.15, 0.2) is 60.8 Å². The van der Waals surface area contributed by atoms with Gasteiger partial charge in [0, 0.05) is 17.3 Å². The summed E-state index contributed by atoms with van der Waals surface area (Å²) in [6.45, 7) is 2.15. The minimum atomic E-state index is -0.235. The summed E-state index contributed by atoms with van der Waals surface area (Å²) in [5, 5.41) is 0.429. The molecular formula is C20H17ClFN. The van der Waals surface area contributed by atoms with E-state index in [4.69, 9.17) is 11.6 Å². The average Bonchev–Trinajstić information content (AvgIpc) is 2.57. The molecule has 1 aromatic heterocycles. The van der Waals surface area contributed by atoms with Crippen molar-refractivity contribution in [3.8, 4) is 22.3 Å². The van der Waals surface area contributed by atoms with Crippen LogP contribution in [0.25, 0.3) is 22.3 Å². The Morgan fingerprint density at radius 1 is 0.913 bits per heavy atom. The smallest absolute Gasteiger partial charge is 0.131 e. The zero-order valence-electron chi connectivity index (χ0n) is 12.9. The summed E-state index contributed by atoms with van der Waals surface area (Å²) in [5.74, 6) is -0.235. The second-order valence-electron chi connectivity index (χ2n) is 5.51. The van der Waals surface area contributed by atoms with Crippen LogP contribution in [0.1, 0.15) is 18.9 Å². The molecule has 116 valence electrons. The molecule has 0 saturated carbocycles. The fourth-order valence-corrected chi connectivity index (χ4v) is 2.73. The Kier molecular flexibility index (Phi) is 4.73. The summed E-state index contributed by atoms with van der Waals surface area (Å²) < 4.78 is 14.5. The van der Waals surface area contributed by atoms with Gasteiger partial charge in [0.15, 0.2) is 0 Å². The van der Waals surface area contributed by atoms with Crippen LogP contribution in [0, 0.1) is 5.82 Å². The molecule has 0 saturated heterocycles. The molecule has 2 aromatic carbocycles. The quantitative estimate of drug-likeness (QED) is 0.523. The summed E-state index contributed by atoms with van der Waals surface area (Å²) >= 11 is 5.79. The maximum absolute atomic E-state index is 14.5. The molecule has 0 fully saturated rings. The molecule has 0 aliphatic rings. The molecule has 0 unspecified atom stereocenters. The van der Waals surface area contributed by atoms with Crippen LogP contribution < -0.4 is 0 Å². The van der Waals surface area contributed by atoms with E-state index in [9.17, 15) is 4.39 Å². The lowest BCUT2D eigenvalue weighted by atomic mass is 9.99.